The molecular weight excluding hydrogens is 236 g/mol. The summed E-state index contributed by atoms with van der Waals surface area (Å²) in [4.78, 5) is 34.9. The molecule has 0 aliphatic heterocycles. The van der Waals surface area contributed by atoms with Gasteiger partial charge in [0, 0.05) is 5.92 Å². The van der Waals surface area contributed by atoms with Crippen molar-refractivity contribution in [2.75, 3.05) is 13.1 Å². The molecule has 0 spiro atoms. The number of hydrogen-bond acceptors (Lipinski definition) is 3. The molecule has 2 rings (SSSR count). The molecule has 0 heterocycles. The van der Waals surface area contributed by atoms with Gasteiger partial charge in [0.15, 0.2) is 0 Å². The van der Waals surface area contributed by atoms with Crippen molar-refractivity contribution < 1.29 is 19.5 Å². The van der Waals surface area contributed by atoms with Gasteiger partial charge in [-0.05, 0) is 24.7 Å². The summed E-state index contributed by atoms with van der Waals surface area (Å²) in [6.07, 6.45) is 5.81. The van der Waals surface area contributed by atoms with Crippen molar-refractivity contribution >= 4 is 17.8 Å². The predicted molar refractivity (Wildman–Crippen MR) is 62.3 cm³/mol. The van der Waals surface area contributed by atoms with Gasteiger partial charge in [-0.15, -0.1) is 0 Å². The van der Waals surface area contributed by atoms with Crippen LogP contribution in [0.1, 0.15) is 12.8 Å². The second kappa shape index (κ2) is 4.80. The Morgan fingerprint density at radius 3 is 2.39 bits per heavy atom. The summed E-state index contributed by atoms with van der Waals surface area (Å²) in [6.45, 7) is -0.803. The molecule has 0 aromatic rings. The molecule has 2 aliphatic rings. The van der Waals surface area contributed by atoms with Crippen LogP contribution in [0.3, 0.4) is 0 Å². The maximum atomic E-state index is 12.2. The van der Waals surface area contributed by atoms with Crippen LogP contribution in [0.15, 0.2) is 12.2 Å². The van der Waals surface area contributed by atoms with Gasteiger partial charge in [0.1, 0.15) is 6.54 Å². The number of nitrogens with zero attached hydrogens (tertiary/aromatic N) is 1. The van der Waals surface area contributed by atoms with Crippen LogP contribution in [0, 0.1) is 17.8 Å². The van der Waals surface area contributed by atoms with E-state index in [4.69, 9.17) is 10.8 Å². The minimum absolute atomic E-state index is 0.187. The minimum Gasteiger partial charge on any atom is -0.480 e. The highest BCUT2D eigenvalue weighted by Crippen LogP contribution is 2.44. The van der Waals surface area contributed by atoms with Gasteiger partial charge in [-0.2, -0.15) is 0 Å². The lowest BCUT2D eigenvalue weighted by atomic mass is 9.92. The Morgan fingerprint density at radius 1 is 1.22 bits per heavy atom. The van der Waals surface area contributed by atoms with Crippen LogP contribution in [-0.2, 0) is 14.4 Å². The maximum Gasteiger partial charge on any atom is 0.323 e. The zero-order valence-corrected chi connectivity index (χ0v) is 9.91. The Labute approximate surface area is 104 Å². The molecule has 0 saturated heterocycles. The fraction of sp³-hybridized carbons (Fsp3) is 0.583. The standard InChI is InChI=1S/C12H16N2O4/c13-10(15)5-14(6-11(16)17)12(18)9-4-7-1-2-8(9)3-7/h1-2,7-9H,3-6H2,(H2,13,15)(H,16,17). The summed E-state index contributed by atoms with van der Waals surface area (Å²) in [7, 11) is 0. The van der Waals surface area contributed by atoms with E-state index in [2.05, 4.69) is 6.08 Å². The van der Waals surface area contributed by atoms with E-state index >= 15 is 0 Å². The number of carboxylic acids is 1. The monoisotopic (exact) mass is 252 g/mol. The van der Waals surface area contributed by atoms with Gasteiger partial charge < -0.3 is 15.7 Å². The predicted octanol–water partition coefficient (Wildman–Crippen LogP) is -0.403. The van der Waals surface area contributed by atoms with Crippen LogP contribution in [0.4, 0.5) is 0 Å². The van der Waals surface area contributed by atoms with E-state index < -0.39 is 18.4 Å². The van der Waals surface area contributed by atoms with E-state index in [0.717, 1.165) is 17.7 Å². The largest absolute Gasteiger partial charge is 0.480 e. The highest BCUT2D eigenvalue weighted by molar-refractivity contribution is 5.88. The van der Waals surface area contributed by atoms with Crippen LogP contribution in [0.2, 0.25) is 0 Å². The minimum atomic E-state index is -1.14. The average molecular weight is 252 g/mol. The van der Waals surface area contributed by atoms with Crippen molar-refractivity contribution in [1.82, 2.24) is 4.90 Å². The SMILES string of the molecule is NC(=O)CN(CC(=O)O)C(=O)C1CC2C=CC1C2. The van der Waals surface area contributed by atoms with E-state index in [-0.39, 0.29) is 24.3 Å². The fourth-order valence-electron chi connectivity index (χ4n) is 2.86. The molecule has 6 heteroatoms. The molecule has 3 atom stereocenters. The second-order valence-corrected chi connectivity index (χ2v) is 4.94. The molecule has 2 aliphatic carbocycles. The Balaban J connectivity index is 2.05. The molecule has 0 aromatic carbocycles. The lowest BCUT2D eigenvalue weighted by Gasteiger charge is -2.25. The molecule has 3 unspecified atom stereocenters. The Morgan fingerprint density at radius 2 is 1.94 bits per heavy atom. The molecular formula is C12H16N2O4. The molecule has 0 aromatic heterocycles. The number of carbonyl (C=O) groups excluding carboxylic acids is 2. The first-order valence-electron chi connectivity index (χ1n) is 5.94. The van der Waals surface area contributed by atoms with Gasteiger partial charge >= 0.3 is 5.97 Å². The van der Waals surface area contributed by atoms with Crippen molar-refractivity contribution in [2.24, 2.45) is 23.5 Å². The molecule has 1 saturated carbocycles. The summed E-state index contributed by atoms with van der Waals surface area (Å²) in [5.41, 5.74) is 5.04. The number of aliphatic carboxylic acids is 1. The summed E-state index contributed by atoms with van der Waals surface area (Å²) in [6, 6.07) is 0. The average Bonchev–Trinajstić information content (AvgIpc) is 2.87. The number of amides is 2. The molecule has 18 heavy (non-hydrogen) atoms. The van der Waals surface area contributed by atoms with Gasteiger partial charge in [-0.1, -0.05) is 12.2 Å². The van der Waals surface area contributed by atoms with Gasteiger partial charge in [-0.3, -0.25) is 14.4 Å². The summed E-state index contributed by atoms with van der Waals surface area (Å²) in [5.74, 6) is -1.69. The van der Waals surface area contributed by atoms with Crippen LogP contribution in [0.25, 0.3) is 0 Å². The normalized spacial score (nSPS) is 28.3. The summed E-state index contributed by atoms with van der Waals surface area (Å²) < 4.78 is 0. The first-order chi connectivity index (χ1) is 8.47. The zero-order valence-electron chi connectivity index (χ0n) is 9.91. The number of carbonyl (C=O) groups is 3. The number of hydrogen-bond donors (Lipinski definition) is 2. The molecule has 3 N–H and O–H groups in total. The third-order valence-electron chi connectivity index (χ3n) is 3.58. The van der Waals surface area contributed by atoms with Crippen LogP contribution < -0.4 is 5.73 Å². The Bertz CT molecular complexity index is 402. The smallest absolute Gasteiger partial charge is 0.323 e. The number of rotatable bonds is 5. The van der Waals surface area contributed by atoms with Gasteiger partial charge in [0.25, 0.3) is 0 Å². The third kappa shape index (κ3) is 2.52. The maximum absolute atomic E-state index is 12.2. The number of fused-ring (bicyclic) bond motifs is 2. The summed E-state index contributed by atoms with van der Waals surface area (Å²) >= 11 is 0. The Kier molecular flexibility index (Phi) is 3.36. The first kappa shape index (κ1) is 12.6. The molecule has 2 amide bonds. The second-order valence-electron chi connectivity index (χ2n) is 4.94. The van der Waals surface area contributed by atoms with Gasteiger partial charge in [0.2, 0.25) is 11.8 Å². The molecule has 1 fully saturated rings. The van der Waals surface area contributed by atoms with Crippen LogP contribution in [0.5, 0.6) is 0 Å². The van der Waals surface area contributed by atoms with Crippen molar-refractivity contribution in [3.05, 3.63) is 12.2 Å². The highest BCUT2D eigenvalue weighted by Gasteiger charge is 2.41. The van der Waals surface area contributed by atoms with Crippen LogP contribution in [-0.4, -0.2) is 40.9 Å². The van der Waals surface area contributed by atoms with E-state index in [1.807, 2.05) is 6.08 Å². The Hall–Kier alpha value is -1.85. The van der Waals surface area contributed by atoms with E-state index in [9.17, 15) is 14.4 Å². The lowest BCUT2D eigenvalue weighted by molar-refractivity contribution is -0.148. The fourth-order valence-corrected chi connectivity index (χ4v) is 2.86. The van der Waals surface area contributed by atoms with Crippen LogP contribution >= 0.6 is 0 Å². The zero-order chi connectivity index (χ0) is 13.3. The van der Waals surface area contributed by atoms with E-state index in [0.29, 0.717) is 5.92 Å². The van der Waals surface area contributed by atoms with Crippen molar-refractivity contribution in [3.8, 4) is 0 Å². The first-order valence-corrected chi connectivity index (χ1v) is 5.94. The van der Waals surface area contributed by atoms with Crippen molar-refractivity contribution in [3.63, 3.8) is 0 Å². The molecule has 98 valence electrons. The molecule has 0 radical (unpaired) electrons. The number of allylic oxidation sites excluding steroid dienone is 2. The topological polar surface area (TPSA) is 101 Å². The number of carboxylic acid groups (broad SMARTS) is 1. The molecule has 6 nitrogen and oxygen atoms in total. The van der Waals surface area contributed by atoms with E-state index in [1.165, 1.54) is 0 Å². The molecule has 2 bridgehead atoms. The van der Waals surface area contributed by atoms with Gasteiger partial charge in [-0.25, -0.2) is 0 Å². The van der Waals surface area contributed by atoms with Gasteiger partial charge in [0.05, 0.1) is 6.54 Å². The number of nitrogens with two attached hydrogens (primary N) is 1. The quantitative estimate of drug-likeness (QED) is 0.650. The van der Waals surface area contributed by atoms with Crippen molar-refractivity contribution in [1.29, 1.82) is 0 Å². The van der Waals surface area contributed by atoms with E-state index in [1.54, 1.807) is 0 Å². The lowest BCUT2D eigenvalue weighted by Crippen LogP contribution is -2.45. The third-order valence-corrected chi connectivity index (χ3v) is 3.58. The highest BCUT2D eigenvalue weighted by atomic mass is 16.4. The summed E-state index contributed by atoms with van der Waals surface area (Å²) in [5, 5.41) is 8.76. The number of primary amides is 1. The van der Waals surface area contributed by atoms with Crippen molar-refractivity contribution in [2.45, 2.75) is 12.8 Å².